The molecule has 0 saturated carbocycles. The quantitative estimate of drug-likeness (QED) is 0.720. The third-order valence-electron chi connectivity index (χ3n) is 3.63. The van der Waals surface area contributed by atoms with Crippen molar-refractivity contribution in [3.05, 3.63) is 48.0 Å². The van der Waals surface area contributed by atoms with Crippen molar-refractivity contribution in [2.75, 3.05) is 32.7 Å². The zero-order chi connectivity index (χ0) is 18.1. The summed E-state index contributed by atoms with van der Waals surface area (Å²) in [6, 6.07) is 12.8. The highest BCUT2D eigenvalue weighted by molar-refractivity contribution is 5.90. The Morgan fingerprint density at radius 3 is 2.28 bits per heavy atom. The molecule has 0 unspecified atom stereocenters. The Hall–Kier alpha value is -2.89. The third-order valence-corrected chi connectivity index (χ3v) is 3.63. The maximum absolute atomic E-state index is 12.0. The zero-order valence-corrected chi connectivity index (χ0v) is 14.8. The molecule has 0 aliphatic carbocycles. The summed E-state index contributed by atoms with van der Waals surface area (Å²) in [5, 5.41) is 5.62. The van der Waals surface area contributed by atoms with Gasteiger partial charge in [0, 0.05) is 23.9 Å². The Morgan fingerprint density at radius 2 is 1.64 bits per heavy atom. The van der Waals surface area contributed by atoms with Gasteiger partial charge >= 0.3 is 6.03 Å². The van der Waals surface area contributed by atoms with Gasteiger partial charge in [-0.2, -0.15) is 0 Å². The number of carbonyl (C=O) groups is 1. The number of carbonyl (C=O) groups excluding carboxylic acids is 1. The van der Waals surface area contributed by atoms with Crippen LogP contribution in [0, 0.1) is 0 Å². The summed E-state index contributed by atoms with van der Waals surface area (Å²) < 4.78 is 16.0. The number of hydrogen-bond donors (Lipinski definition) is 2. The fraction of sp³-hybridized carbons (Fsp3) is 0.316. The van der Waals surface area contributed by atoms with E-state index in [-0.39, 0.29) is 6.03 Å². The van der Waals surface area contributed by atoms with E-state index < -0.39 is 0 Å². The number of ether oxygens (including phenoxy) is 3. The van der Waals surface area contributed by atoms with E-state index in [9.17, 15) is 4.79 Å². The minimum absolute atomic E-state index is 0.257. The van der Waals surface area contributed by atoms with E-state index in [1.54, 1.807) is 32.4 Å². The molecule has 0 radical (unpaired) electrons. The first-order valence-electron chi connectivity index (χ1n) is 8.15. The molecule has 0 aromatic heterocycles. The van der Waals surface area contributed by atoms with Crippen molar-refractivity contribution in [1.82, 2.24) is 5.32 Å². The largest absolute Gasteiger partial charge is 0.496 e. The Balaban J connectivity index is 1.80. The minimum atomic E-state index is -0.257. The lowest BCUT2D eigenvalue weighted by molar-refractivity contribution is 0.247. The molecule has 2 N–H and O–H groups in total. The van der Waals surface area contributed by atoms with Crippen molar-refractivity contribution in [2.24, 2.45) is 0 Å². The minimum Gasteiger partial charge on any atom is -0.496 e. The van der Waals surface area contributed by atoms with Crippen LogP contribution < -0.4 is 24.8 Å². The number of methoxy groups -OCH3 is 2. The lowest BCUT2D eigenvalue weighted by atomic mass is 10.1. The summed E-state index contributed by atoms with van der Waals surface area (Å²) in [5.74, 6) is 1.92. The second-order valence-corrected chi connectivity index (χ2v) is 5.29. The van der Waals surface area contributed by atoms with E-state index >= 15 is 0 Å². The van der Waals surface area contributed by atoms with Gasteiger partial charge < -0.3 is 24.8 Å². The van der Waals surface area contributed by atoms with Gasteiger partial charge in [0.05, 0.1) is 20.8 Å². The molecule has 0 atom stereocenters. The average molecular weight is 344 g/mol. The molecule has 2 aromatic carbocycles. The summed E-state index contributed by atoms with van der Waals surface area (Å²) in [6.45, 7) is 2.76. The van der Waals surface area contributed by atoms with Crippen LogP contribution in [0.2, 0.25) is 0 Å². The lowest BCUT2D eigenvalue weighted by Gasteiger charge is -2.12. The van der Waals surface area contributed by atoms with Crippen LogP contribution in [-0.2, 0) is 6.42 Å². The summed E-state index contributed by atoms with van der Waals surface area (Å²) in [4.78, 5) is 12.0. The maximum atomic E-state index is 12.0. The summed E-state index contributed by atoms with van der Waals surface area (Å²) in [5.41, 5.74) is 1.92. The number of anilines is 1. The van der Waals surface area contributed by atoms with E-state index in [4.69, 9.17) is 14.2 Å². The topological polar surface area (TPSA) is 68.8 Å². The number of amides is 2. The van der Waals surface area contributed by atoms with Crippen molar-refractivity contribution in [2.45, 2.75) is 13.3 Å². The van der Waals surface area contributed by atoms with Crippen molar-refractivity contribution >= 4 is 11.7 Å². The van der Waals surface area contributed by atoms with Crippen LogP contribution in [0.5, 0.6) is 17.2 Å². The van der Waals surface area contributed by atoms with Crippen LogP contribution >= 0.6 is 0 Å². The monoisotopic (exact) mass is 344 g/mol. The van der Waals surface area contributed by atoms with E-state index in [2.05, 4.69) is 17.6 Å². The standard InChI is InChI=1S/C19H24N2O4/c1-4-14-7-5-6-8-18(14)21-19(22)20-9-10-25-17-12-15(23-2)11-16(13-17)24-3/h5-8,11-13H,4,9-10H2,1-3H3,(H2,20,21,22). The van der Waals surface area contributed by atoms with Gasteiger partial charge in [0.2, 0.25) is 0 Å². The molecule has 0 aliphatic rings. The number of rotatable bonds is 8. The van der Waals surface area contributed by atoms with Gasteiger partial charge in [0.25, 0.3) is 0 Å². The summed E-state index contributed by atoms with van der Waals surface area (Å²) in [7, 11) is 3.16. The highest BCUT2D eigenvalue weighted by atomic mass is 16.5. The van der Waals surface area contributed by atoms with Crippen LogP contribution in [0.1, 0.15) is 12.5 Å². The number of benzene rings is 2. The van der Waals surface area contributed by atoms with Crippen LogP contribution in [0.4, 0.5) is 10.5 Å². The van der Waals surface area contributed by atoms with Gasteiger partial charge in [-0.25, -0.2) is 4.79 Å². The summed E-state index contributed by atoms with van der Waals surface area (Å²) >= 11 is 0. The number of hydrogen-bond acceptors (Lipinski definition) is 4. The smallest absolute Gasteiger partial charge is 0.319 e. The normalized spacial score (nSPS) is 10.0. The molecule has 0 aliphatic heterocycles. The molecular formula is C19H24N2O4. The van der Waals surface area contributed by atoms with E-state index in [1.165, 1.54) is 0 Å². The van der Waals surface area contributed by atoms with Crippen LogP contribution in [0.25, 0.3) is 0 Å². The summed E-state index contributed by atoms with van der Waals surface area (Å²) in [6.07, 6.45) is 0.858. The predicted octanol–water partition coefficient (Wildman–Crippen LogP) is 3.47. The molecule has 0 bridgehead atoms. The molecule has 0 spiro atoms. The first-order chi connectivity index (χ1) is 12.2. The molecule has 6 heteroatoms. The molecule has 0 saturated heterocycles. The number of nitrogens with one attached hydrogen (secondary N) is 2. The van der Waals surface area contributed by atoms with E-state index in [0.717, 1.165) is 17.7 Å². The fourth-order valence-electron chi connectivity index (χ4n) is 2.32. The highest BCUT2D eigenvalue weighted by Crippen LogP contribution is 2.27. The molecule has 134 valence electrons. The lowest BCUT2D eigenvalue weighted by Crippen LogP contribution is -2.32. The van der Waals surface area contributed by atoms with E-state index in [0.29, 0.717) is 30.4 Å². The zero-order valence-electron chi connectivity index (χ0n) is 14.8. The van der Waals surface area contributed by atoms with Crippen molar-refractivity contribution in [1.29, 1.82) is 0 Å². The van der Waals surface area contributed by atoms with Gasteiger partial charge in [-0.05, 0) is 18.1 Å². The van der Waals surface area contributed by atoms with Crippen LogP contribution in [-0.4, -0.2) is 33.4 Å². The van der Waals surface area contributed by atoms with E-state index in [1.807, 2.05) is 24.3 Å². The molecule has 2 rings (SSSR count). The first-order valence-corrected chi connectivity index (χ1v) is 8.15. The van der Waals surface area contributed by atoms with Gasteiger partial charge in [0.1, 0.15) is 23.9 Å². The van der Waals surface area contributed by atoms with Crippen LogP contribution in [0.3, 0.4) is 0 Å². The molecule has 0 heterocycles. The van der Waals surface area contributed by atoms with Crippen molar-refractivity contribution in [3.63, 3.8) is 0 Å². The third kappa shape index (κ3) is 5.60. The molecule has 2 aromatic rings. The van der Waals surface area contributed by atoms with Gasteiger partial charge in [0.15, 0.2) is 0 Å². The van der Waals surface area contributed by atoms with Crippen molar-refractivity contribution < 1.29 is 19.0 Å². The molecule has 6 nitrogen and oxygen atoms in total. The van der Waals surface area contributed by atoms with Gasteiger partial charge in [-0.3, -0.25) is 0 Å². The van der Waals surface area contributed by atoms with Gasteiger partial charge in [-0.15, -0.1) is 0 Å². The first kappa shape index (κ1) is 18.4. The predicted molar refractivity (Wildman–Crippen MR) is 97.9 cm³/mol. The van der Waals surface area contributed by atoms with Crippen molar-refractivity contribution in [3.8, 4) is 17.2 Å². The second kappa shape index (κ2) is 9.42. The Morgan fingerprint density at radius 1 is 1.00 bits per heavy atom. The fourth-order valence-corrected chi connectivity index (χ4v) is 2.32. The van der Waals surface area contributed by atoms with Crippen LogP contribution in [0.15, 0.2) is 42.5 Å². The van der Waals surface area contributed by atoms with Gasteiger partial charge in [-0.1, -0.05) is 25.1 Å². The molecular weight excluding hydrogens is 320 g/mol. The second-order valence-electron chi connectivity index (χ2n) is 5.29. The maximum Gasteiger partial charge on any atom is 0.319 e. The number of aryl methyl sites for hydroxylation is 1. The number of para-hydroxylation sites is 1. The average Bonchev–Trinajstić information content (AvgIpc) is 2.65. The molecule has 25 heavy (non-hydrogen) atoms. The highest BCUT2D eigenvalue weighted by Gasteiger charge is 2.06. The Bertz CT molecular complexity index is 681. The molecule has 2 amide bonds. The Kier molecular flexibility index (Phi) is 6.95. The molecule has 0 fully saturated rings. The SMILES string of the molecule is CCc1ccccc1NC(=O)NCCOc1cc(OC)cc(OC)c1. The number of urea groups is 1. The Labute approximate surface area is 148 Å².